The van der Waals surface area contributed by atoms with E-state index in [2.05, 4.69) is 6.92 Å². The first-order valence-corrected chi connectivity index (χ1v) is 7.98. The molecule has 118 valence electrons. The minimum Gasteiger partial charge on any atom is -0.481 e. The summed E-state index contributed by atoms with van der Waals surface area (Å²) in [5.41, 5.74) is 0. The van der Waals surface area contributed by atoms with Gasteiger partial charge in [0.2, 0.25) is 0 Å². The largest absolute Gasteiger partial charge is 0.481 e. The number of aliphatic carboxylic acids is 2. The summed E-state index contributed by atoms with van der Waals surface area (Å²) >= 11 is 0. The lowest BCUT2D eigenvalue weighted by Gasteiger charge is -2.13. The molecule has 2 atom stereocenters. The SMILES string of the molecule is CCCCCCC(CCCCC(CC)C(=O)O)C(=O)O. The average Bonchev–Trinajstić information content (AvgIpc) is 2.40. The third-order valence-electron chi connectivity index (χ3n) is 3.95. The van der Waals surface area contributed by atoms with Gasteiger partial charge in [-0.2, -0.15) is 0 Å². The van der Waals surface area contributed by atoms with E-state index in [0.717, 1.165) is 38.5 Å². The monoisotopic (exact) mass is 286 g/mol. The van der Waals surface area contributed by atoms with Gasteiger partial charge in [0.15, 0.2) is 0 Å². The number of carbonyl (C=O) groups is 2. The maximum absolute atomic E-state index is 11.2. The molecule has 0 spiro atoms. The van der Waals surface area contributed by atoms with Crippen LogP contribution in [0.3, 0.4) is 0 Å². The first-order chi connectivity index (χ1) is 9.52. The van der Waals surface area contributed by atoms with Crippen molar-refractivity contribution in [3.63, 3.8) is 0 Å². The summed E-state index contributed by atoms with van der Waals surface area (Å²) in [5.74, 6) is -1.96. The van der Waals surface area contributed by atoms with E-state index in [1.54, 1.807) is 0 Å². The molecule has 2 N–H and O–H groups in total. The molecule has 4 nitrogen and oxygen atoms in total. The van der Waals surface area contributed by atoms with Crippen molar-refractivity contribution in [2.24, 2.45) is 11.8 Å². The van der Waals surface area contributed by atoms with Crippen LogP contribution in [0.15, 0.2) is 0 Å². The van der Waals surface area contributed by atoms with Crippen molar-refractivity contribution in [3.05, 3.63) is 0 Å². The van der Waals surface area contributed by atoms with Crippen molar-refractivity contribution < 1.29 is 19.8 Å². The highest BCUT2D eigenvalue weighted by Gasteiger charge is 2.18. The second-order valence-electron chi connectivity index (χ2n) is 5.61. The highest BCUT2D eigenvalue weighted by atomic mass is 16.4. The number of hydrogen-bond donors (Lipinski definition) is 2. The molecule has 0 radical (unpaired) electrons. The molecule has 0 aliphatic rings. The van der Waals surface area contributed by atoms with Gasteiger partial charge in [-0.05, 0) is 25.7 Å². The fraction of sp³-hybridized carbons (Fsp3) is 0.875. The highest BCUT2D eigenvalue weighted by Crippen LogP contribution is 2.20. The maximum Gasteiger partial charge on any atom is 0.306 e. The van der Waals surface area contributed by atoms with E-state index in [1.807, 2.05) is 6.92 Å². The standard InChI is InChI=1S/C16H30O4/c1-3-5-6-7-11-14(16(19)20)12-9-8-10-13(4-2)15(17)18/h13-14H,3-12H2,1-2H3,(H,17,18)(H,19,20). The van der Waals surface area contributed by atoms with Gasteiger partial charge in [-0.1, -0.05) is 52.4 Å². The van der Waals surface area contributed by atoms with Crippen molar-refractivity contribution in [2.45, 2.75) is 78.1 Å². The van der Waals surface area contributed by atoms with Crippen LogP contribution >= 0.6 is 0 Å². The summed E-state index contributed by atoms with van der Waals surface area (Å²) in [7, 11) is 0. The van der Waals surface area contributed by atoms with Crippen molar-refractivity contribution >= 4 is 11.9 Å². The average molecular weight is 286 g/mol. The van der Waals surface area contributed by atoms with Crippen LogP contribution in [0.25, 0.3) is 0 Å². The lowest BCUT2D eigenvalue weighted by Crippen LogP contribution is -2.15. The van der Waals surface area contributed by atoms with Crippen LogP contribution < -0.4 is 0 Å². The van der Waals surface area contributed by atoms with Crippen LogP contribution in [0.1, 0.15) is 78.1 Å². The van der Waals surface area contributed by atoms with Crippen LogP contribution in [0.4, 0.5) is 0 Å². The Bertz CT molecular complexity index is 276. The van der Waals surface area contributed by atoms with E-state index in [9.17, 15) is 14.7 Å². The number of carboxylic acid groups (broad SMARTS) is 2. The van der Waals surface area contributed by atoms with E-state index in [-0.39, 0.29) is 11.8 Å². The van der Waals surface area contributed by atoms with Crippen LogP contribution in [0, 0.1) is 11.8 Å². The molecule has 20 heavy (non-hydrogen) atoms. The van der Waals surface area contributed by atoms with Gasteiger partial charge in [-0.3, -0.25) is 9.59 Å². The normalized spacial score (nSPS) is 13.9. The molecule has 0 fully saturated rings. The quantitative estimate of drug-likeness (QED) is 0.494. The molecule has 0 saturated carbocycles. The molecule has 4 heteroatoms. The van der Waals surface area contributed by atoms with Gasteiger partial charge in [0.05, 0.1) is 11.8 Å². The van der Waals surface area contributed by atoms with Gasteiger partial charge in [0.1, 0.15) is 0 Å². The summed E-state index contributed by atoms with van der Waals surface area (Å²) in [6.07, 6.45) is 8.78. The molecule has 0 aromatic rings. The second-order valence-corrected chi connectivity index (χ2v) is 5.61. The van der Waals surface area contributed by atoms with Crippen molar-refractivity contribution in [3.8, 4) is 0 Å². The van der Waals surface area contributed by atoms with Crippen LogP contribution in [0.5, 0.6) is 0 Å². The Morgan fingerprint density at radius 2 is 1.20 bits per heavy atom. The molecular weight excluding hydrogens is 256 g/mol. The predicted octanol–water partition coefficient (Wildman–Crippen LogP) is 4.33. The second kappa shape index (κ2) is 11.7. The summed E-state index contributed by atoms with van der Waals surface area (Å²) < 4.78 is 0. The first kappa shape index (κ1) is 18.9. The Hall–Kier alpha value is -1.06. The molecule has 0 heterocycles. The molecule has 0 aliphatic heterocycles. The Balaban J connectivity index is 3.85. The van der Waals surface area contributed by atoms with Crippen LogP contribution in [-0.4, -0.2) is 22.2 Å². The molecule has 0 aromatic carbocycles. The Kier molecular flexibility index (Phi) is 11.1. The van der Waals surface area contributed by atoms with Crippen molar-refractivity contribution in [1.29, 1.82) is 0 Å². The van der Waals surface area contributed by atoms with Gasteiger partial charge in [0, 0.05) is 0 Å². The Morgan fingerprint density at radius 1 is 0.750 bits per heavy atom. The summed E-state index contributed by atoms with van der Waals surface area (Å²) in [5, 5.41) is 18.1. The van der Waals surface area contributed by atoms with Gasteiger partial charge in [0.25, 0.3) is 0 Å². The van der Waals surface area contributed by atoms with E-state index >= 15 is 0 Å². The minimum atomic E-state index is -0.734. The molecule has 0 aliphatic carbocycles. The molecule has 0 aromatic heterocycles. The number of rotatable bonds is 13. The first-order valence-electron chi connectivity index (χ1n) is 7.98. The van der Waals surface area contributed by atoms with Gasteiger partial charge in [-0.25, -0.2) is 0 Å². The lowest BCUT2D eigenvalue weighted by molar-refractivity contribution is -0.143. The van der Waals surface area contributed by atoms with E-state index < -0.39 is 11.9 Å². The molecule has 0 amide bonds. The molecule has 0 rings (SSSR count). The maximum atomic E-state index is 11.2. The number of hydrogen-bond acceptors (Lipinski definition) is 2. The number of unbranched alkanes of at least 4 members (excludes halogenated alkanes) is 4. The van der Waals surface area contributed by atoms with Crippen molar-refractivity contribution in [2.75, 3.05) is 0 Å². The minimum absolute atomic E-state index is 0.253. The van der Waals surface area contributed by atoms with E-state index in [1.165, 1.54) is 6.42 Å². The van der Waals surface area contributed by atoms with Crippen LogP contribution in [-0.2, 0) is 9.59 Å². The van der Waals surface area contributed by atoms with Gasteiger partial charge in [-0.15, -0.1) is 0 Å². The van der Waals surface area contributed by atoms with Gasteiger partial charge >= 0.3 is 11.9 Å². The zero-order chi connectivity index (χ0) is 15.4. The molecule has 2 unspecified atom stereocenters. The van der Waals surface area contributed by atoms with Crippen LogP contribution in [0.2, 0.25) is 0 Å². The predicted molar refractivity (Wildman–Crippen MR) is 79.8 cm³/mol. The zero-order valence-electron chi connectivity index (χ0n) is 12.9. The molecular formula is C16H30O4. The highest BCUT2D eigenvalue weighted by molar-refractivity contribution is 5.70. The third kappa shape index (κ3) is 8.94. The Morgan fingerprint density at radius 3 is 1.60 bits per heavy atom. The fourth-order valence-corrected chi connectivity index (χ4v) is 2.49. The third-order valence-corrected chi connectivity index (χ3v) is 3.95. The van der Waals surface area contributed by atoms with E-state index in [4.69, 9.17) is 5.11 Å². The smallest absolute Gasteiger partial charge is 0.306 e. The zero-order valence-corrected chi connectivity index (χ0v) is 12.9. The topological polar surface area (TPSA) is 74.6 Å². The number of carboxylic acids is 2. The van der Waals surface area contributed by atoms with Crippen molar-refractivity contribution in [1.82, 2.24) is 0 Å². The van der Waals surface area contributed by atoms with Gasteiger partial charge < -0.3 is 10.2 Å². The summed E-state index contributed by atoms with van der Waals surface area (Å²) in [4.78, 5) is 22.0. The molecule has 0 saturated heterocycles. The Labute approximate surface area is 122 Å². The summed E-state index contributed by atoms with van der Waals surface area (Å²) in [6, 6.07) is 0. The fourth-order valence-electron chi connectivity index (χ4n) is 2.49. The molecule has 0 bridgehead atoms. The lowest BCUT2D eigenvalue weighted by atomic mass is 9.92. The summed E-state index contributed by atoms with van der Waals surface area (Å²) in [6.45, 7) is 4.02. The van der Waals surface area contributed by atoms with E-state index in [0.29, 0.717) is 19.3 Å².